The van der Waals surface area contributed by atoms with Gasteiger partial charge in [-0.05, 0) is 88.6 Å². The quantitative estimate of drug-likeness (QED) is 0.167. The van der Waals surface area contributed by atoms with Gasteiger partial charge in [0.15, 0.2) is 23.1 Å². The minimum absolute atomic E-state index is 0.596. The number of benzene rings is 9. The maximum absolute atomic E-state index is 6.62. The van der Waals surface area contributed by atoms with Gasteiger partial charge in [0, 0.05) is 58.9 Å². The maximum Gasteiger partial charge on any atom is 0.227 e. The average Bonchev–Trinajstić information content (AvgIpc) is 4.07. The normalized spacial score (nSPS) is 11.8. The lowest BCUT2D eigenvalue weighted by Gasteiger charge is -2.11. The number of para-hydroxylation sites is 2. The minimum atomic E-state index is 0.596. The Morgan fingerprint density at radius 1 is 0.381 bits per heavy atom. The van der Waals surface area contributed by atoms with Gasteiger partial charge in [0.2, 0.25) is 5.89 Å². The van der Waals surface area contributed by atoms with E-state index in [-0.39, 0.29) is 0 Å². The molecule has 0 atom stereocenters. The van der Waals surface area contributed by atoms with Gasteiger partial charge in [-0.15, -0.1) is 11.3 Å². The molecule has 0 unspecified atom stereocenters. The second-order valence-electron chi connectivity index (χ2n) is 15.8. The van der Waals surface area contributed by atoms with Gasteiger partial charge in [0.25, 0.3) is 0 Å². The molecule has 9 aromatic carbocycles. The van der Waals surface area contributed by atoms with Gasteiger partial charge in [0.05, 0.1) is 11.0 Å². The summed E-state index contributed by atoms with van der Waals surface area (Å²) in [5, 5.41) is 6.79. The molecular formula is C56H33N5OS. The highest BCUT2D eigenvalue weighted by Crippen LogP contribution is 2.44. The number of aromatic nitrogens is 5. The topological polar surface area (TPSA) is 69.6 Å². The summed E-state index contributed by atoms with van der Waals surface area (Å²) in [5.74, 6) is 2.41. The van der Waals surface area contributed by atoms with Crippen molar-refractivity contribution in [2.75, 3.05) is 0 Å². The highest BCUT2D eigenvalue weighted by Gasteiger charge is 2.20. The van der Waals surface area contributed by atoms with E-state index < -0.39 is 0 Å². The Labute approximate surface area is 365 Å². The predicted molar refractivity (Wildman–Crippen MR) is 259 cm³/mol. The lowest BCUT2D eigenvalue weighted by molar-refractivity contribution is 0.623. The van der Waals surface area contributed by atoms with E-state index in [1.165, 1.54) is 15.5 Å². The van der Waals surface area contributed by atoms with Crippen molar-refractivity contribution in [3.05, 3.63) is 200 Å². The van der Waals surface area contributed by atoms with Crippen LogP contribution in [0.2, 0.25) is 0 Å². The Morgan fingerprint density at radius 3 is 1.76 bits per heavy atom. The van der Waals surface area contributed by atoms with Crippen LogP contribution in [0.3, 0.4) is 0 Å². The van der Waals surface area contributed by atoms with Gasteiger partial charge < -0.3 is 8.98 Å². The Bertz CT molecular complexity index is 3910. The average molecular weight is 824 g/mol. The molecule has 4 heterocycles. The zero-order chi connectivity index (χ0) is 41.4. The highest BCUT2D eigenvalue weighted by molar-refractivity contribution is 7.26. The first-order valence-electron chi connectivity index (χ1n) is 21.0. The van der Waals surface area contributed by atoms with Crippen LogP contribution in [0.15, 0.2) is 205 Å². The fraction of sp³-hybridized carbons (Fsp3) is 0. The maximum atomic E-state index is 6.62. The zero-order valence-electron chi connectivity index (χ0n) is 33.6. The molecule has 294 valence electrons. The van der Waals surface area contributed by atoms with Crippen LogP contribution in [-0.2, 0) is 0 Å². The molecule has 0 amide bonds. The molecule has 0 saturated heterocycles. The van der Waals surface area contributed by atoms with Crippen molar-refractivity contribution in [1.29, 1.82) is 0 Å². The lowest BCUT2D eigenvalue weighted by Crippen LogP contribution is -2.01. The highest BCUT2D eigenvalue weighted by atomic mass is 32.1. The molecule has 0 radical (unpaired) electrons. The molecule has 0 aliphatic rings. The molecule has 0 aliphatic carbocycles. The van der Waals surface area contributed by atoms with Crippen LogP contribution in [0.25, 0.3) is 126 Å². The molecular weight excluding hydrogens is 791 g/mol. The summed E-state index contributed by atoms with van der Waals surface area (Å²) in [5.41, 5.74) is 10.8. The SMILES string of the molecule is c1ccc(-c2cccc(-c3nc(-c4ccc5ccc6sc7ccc8nc(-c9ccccc9)oc8c7c6c5c4)nc(-c4ccc5c6ccccc6n(-c6ccccc6)c5c4)n3)c2)cc1. The van der Waals surface area contributed by atoms with Crippen molar-refractivity contribution in [1.82, 2.24) is 24.5 Å². The second kappa shape index (κ2) is 14.2. The molecule has 13 aromatic rings. The number of rotatable bonds is 6. The van der Waals surface area contributed by atoms with Crippen molar-refractivity contribution in [2.24, 2.45) is 0 Å². The molecule has 0 spiro atoms. The first-order valence-corrected chi connectivity index (χ1v) is 21.8. The summed E-state index contributed by atoms with van der Waals surface area (Å²) in [7, 11) is 0. The van der Waals surface area contributed by atoms with Crippen molar-refractivity contribution in [3.8, 4) is 62.4 Å². The van der Waals surface area contributed by atoms with Crippen LogP contribution >= 0.6 is 11.3 Å². The molecule has 0 N–H and O–H groups in total. The summed E-state index contributed by atoms with van der Waals surface area (Å²) in [6.07, 6.45) is 0. The van der Waals surface area contributed by atoms with E-state index in [2.05, 4.69) is 168 Å². The van der Waals surface area contributed by atoms with Crippen LogP contribution in [0.4, 0.5) is 0 Å². The predicted octanol–water partition coefficient (Wildman–Crippen LogP) is 15.0. The largest absolute Gasteiger partial charge is 0.435 e. The van der Waals surface area contributed by atoms with Gasteiger partial charge in [0.1, 0.15) is 5.52 Å². The summed E-state index contributed by atoms with van der Waals surface area (Å²) >= 11 is 1.77. The van der Waals surface area contributed by atoms with E-state index in [0.29, 0.717) is 23.4 Å². The van der Waals surface area contributed by atoms with Crippen LogP contribution < -0.4 is 0 Å². The molecule has 63 heavy (non-hydrogen) atoms. The minimum Gasteiger partial charge on any atom is -0.435 e. The molecule has 7 heteroatoms. The monoisotopic (exact) mass is 823 g/mol. The number of oxazole rings is 1. The van der Waals surface area contributed by atoms with Crippen LogP contribution in [-0.4, -0.2) is 24.5 Å². The fourth-order valence-electron chi connectivity index (χ4n) is 9.10. The molecule has 4 aromatic heterocycles. The van der Waals surface area contributed by atoms with Gasteiger partial charge in [-0.3, -0.25) is 0 Å². The lowest BCUT2D eigenvalue weighted by atomic mass is 10.0. The Kier molecular flexibility index (Phi) is 7.98. The standard InChI is InChI=1S/C56H33N5OS/c1-4-13-34(14-5-1)37-17-12-18-38(31-37)53-58-54(60-55(59-53)40-25-27-43-42-21-10-11-22-46(42)61(47(43)33-40)41-19-8-3-9-20-41)39-24-23-35-26-29-48-50(44(35)32-39)51-49(63-48)30-28-45-52(51)62-56(57-45)36-15-6-2-7-16-36/h1-33H. The first-order chi connectivity index (χ1) is 31.2. The molecule has 0 aliphatic heterocycles. The fourth-order valence-corrected chi connectivity index (χ4v) is 10.2. The Morgan fingerprint density at radius 2 is 0.968 bits per heavy atom. The zero-order valence-corrected chi connectivity index (χ0v) is 34.4. The molecule has 0 bridgehead atoms. The van der Waals surface area contributed by atoms with E-state index in [1.807, 2.05) is 36.4 Å². The van der Waals surface area contributed by atoms with Crippen molar-refractivity contribution in [3.63, 3.8) is 0 Å². The van der Waals surface area contributed by atoms with Gasteiger partial charge in [-0.2, -0.15) is 0 Å². The van der Waals surface area contributed by atoms with Crippen LogP contribution in [0, 0.1) is 0 Å². The molecule has 0 saturated carbocycles. The molecule has 13 rings (SSSR count). The van der Waals surface area contributed by atoms with E-state index in [4.69, 9.17) is 24.4 Å². The summed E-state index contributed by atoms with van der Waals surface area (Å²) < 4.78 is 11.3. The number of thiophene rings is 1. The third-order valence-corrected chi connectivity index (χ3v) is 13.2. The third-order valence-electron chi connectivity index (χ3n) is 12.1. The van der Waals surface area contributed by atoms with Crippen LogP contribution in [0.1, 0.15) is 0 Å². The van der Waals surface area contributed by atoms with Crippen molar-refractivity contribution < 1.29 is 4.42 Å². The van der Waals surface area contributed by atoms with Gasteiger partial charge >= 0.3 is 0 Å². The molecule has 0 fully saturated rings. The summed E-state index contributed by atoms with van der Waals surface area (Å²) in [4.78, 5) is 20.8. The summed E-state index contributed by atoms with van der Waals surface area (Å²) in [6.45, 7) is 0. The van der Waals surface area contributed by atoms with E-state index >= 15 is 0 Å². The number of nitrogens with zero attached hydrogens (tertiary/aromatic N) is 5. The van der Waals surface area contributed by atoms with Crippen molar-refractivity contribution >= 4 is 75.2 Å². The van der Waals surface area contributed by atoms with Crippen LogP contribution in [0.5, 0.6) is 0 Å². The second-order valence-corrected chi connectivity index (χ2v) is 16.9. The van der Waals surface area contributed by atoms with Gasteiger partial charge in [-0.1, -0.05) is 133 Å². The van der Waals surface area contributed by atoms with E-state index in [9.17, 15) is 0 Å². The van der Waals surface area contributed by atoms with E-state index in [1.54, 1.807) is 11.3 Å². The molecule has 6 nitrogen and oxygen atoms in total. The third kappa shape index (κ3) is 5.86. The number of hydrogen-bond acceptors (Lipinski definition) is 6. The van der Waals surface area contributed by atoms with Gasteiger partial charge in [-0.25, -0.2) is 19.9 Å². The van der Waals surface area contributed by atoms with Crippen molar-refractivity contribution in [2.45, 2.75) is 0 Å². The number of hydrogen-bond donors (Lipinski definition) is 0. The summed E-state index contributed by atoms with van der Waals surface area (Å²) in [6, 6.07) is 69.8. The first kappa shape index (κ1) is 35.5. The Balaban J connectivity index is 1.03. The Hall–Kier alpha value is -8.26. The smallest absolute Gasteiger partial charge is 0.227 e. The number of fused-ring (bicyclic) bond motifs is 10. The van der Waals surface area contributed by atoms with E-state index in [0.717, 1.165) is 87.4 Å².